The van der Waals surface area contributed by atoms with Crippen molar-refractivity contribution in [3.05, 3.63) is 42.2 Å². The van der Waals surface area contributed by atoms with Crippen LogP contribution >= 0.6 is 0 Å². The normalized spacial score (nSPS) is 18.1. The predicted molar refractivity (Wildman–Crippen MR) is 94.4 cm³/mol. The van der Waals surface area contributed by atoms with Gasteiger partial charge in [-0.25, -0.2) is 19.3 Å². The van der Waals surface area contributed by atoms with Crippen LogP contribution in [0.3, 0.4) is 0 Å². The second-order valence-electron chi connectivity index (χ2n) is 6.73. The van der Waals surface area contributed by atoms with E-state index >= 15 is 0 Å². The summed E-state index contributed by atoms with van der Waals surface area (Å²) >= 11 is 0. The number of halogens is 1. The Bertz CT molecular complexity index is 915. The fraction of sp³-hybridized carbons (Fsp3) is 0.389. The van der Waals surface area contributed by atoms with Crippen molar-refractivity contribution in [3.63, 3.8) is 0 Å². The highest BCUT2D eigenvalue weighted by atomic mass is 19.1. The van der Waals surface area contributed by atoms with Crippen LogP contribution in [0.1, 0.15) is 18.4 Å². The summed E-state index contributed by atoms with van der Waals surface area (Å²) in [4.78, 5) is 20.8. The third-order valence-corrected chi connectivity index (χ3v) is 5.38. The summed E-state index contributed by atoms with van der Waals surface area (Å²) in [5.74, 6) is 0.799. The van der Waals surface area contributed by atoms with E-state index in [0.29, 0.717) is 11.7 Å². The molecule has 7 heteroatoms. The molecule has 0 spiro atoms. The van der Waals surface area contributed by atoms with Crippen LogP contribution in [0.25, 0.3) is 11.2 Å². The maximum atomic E-state index is 13.4. The number of anilines is 2. The molecule has 1 N–H and O–H groups in total. The van der Waals surface area contributed by atoms with Crippen LogP contribution in [0.4, 0.5) is 15.9 Å². The largest absolute Gasteiger partial charge is 0.368 e. The average molecular weight is 338 g/mol. The summed E-state index contributed by atoms with van der Waals surface area (Å²) in [6.07, 6.45) is 6.31. The molecule has 0 amide bonds. The molecular weight excluding hydrogens is 319 g/mol. The number of hydrogen-bond donors (Lipinski definition) is 1. The molecule has 0 unspecified atom stereocenters. The molecule has 0 bridgehead atoms. The number of rotatable bonds is 2. The highest BCUT2D eigenvalue weighted by molar-refractivity contribution is 5.82. The lowest BCUT2D eigenvalue weighted by Gasteiger charge is -2.38. The molecule has 0 radical (unpaired) electrons. The summed E-state index contributed by atoms with van der Waals surface area (Å²) in [6.45, 7) is 2.88. The van der Waals surface area contributed by atoms with Gasteiger partial charge in [-0.15, -0.1) is 0 Å². The van der Waals surface area contributed by atoms with Gasteiger partial charge < -0.3 is 14.8 Å². The molecule has 3 aromatic rings. The Morgan fingerprint density at radius 2 is 1.96 bits per heavy atom. The Kier molecular flexibility index (Phi) is 3.33. The van der Waals surface area contributed by atoms with Crippen molar-refractivity contribution >= 4 is 22.7 Å². The van der Waals surface area contributed by atoms with E-state index in [4.69, 9.17) is 0 Å². The maximum absolute atomic E-state index is 13.4. The van der Waals surface area contributed by atoms with E-state index in [9.17, 15) is 4.39 Å². The lowest BCUT2D eigenvalue weighted by molar-refractivity contribution is 0.471. The number of imidazole rings is 1. The SMILES string of the molecule is Fc1ccc2c(c1)CCN2C1CCN(c2ncnc3nc[nH]c23)CC1. The van der Waals surface area contributed by atoms with Crippen molar-refractivity contribution in [2.24, 2.45) is 0 Å². The van der Waals surface area contributed by atoms with Gasteiger partial charge in [0, 0.05) is 31.4 Å². The summed E-state index contributed by atoms with van der Waals surface area (Å²) in [5, 5.41) is 0. The first-order valence-corrected chi connectivity index (χ1v) is 8.74. The second kappa shape index (κ2) is 5.68. The Morgan fingerprint density at radius 3 is 2.84 bits per heavy atom. The Labute approximate surface area is 144 Å². The van der Waals surface area contributed by atoms with Crippen molar-refractivity contribution in [2.75, 3.05) is 29.4 Å². The number of nitrogens with one attached hydrogen (secondary N) is 1. The standard InChI is InChI=1S/C18H19FN6/c19-13-1-2-15-12(9-13)3-8-25(15)14-4-6-24(7-5-14)18-16-17(21-10-20-16)22-11-23-18/h1-2,9-11,14H,3-8H2,(H,20,21,22,23). The first-order valence-electron chi connectivity index (χ1n) is 8.74. The van der Waals surface area contributed by atoms with Crippen molar-refractivity contribution in [1.82, 2.24) is 19.9 Å². The Morgan fingerprint density at radius 1 is 1.08 bits per heavy atom. The van der Waals surface area contributed by atoms with E-state index in [1.807, 2.05) is 6.07 Å². The lowest BCUT2D eigenvalue weighted by Crippen LogP contribution is -2.44. The number of benzene rings is 1. The number of piperidine rings is 1. The zero-order valence-corrected chi connectivity index (χ0v) is 13.8. The van der Waals surface area contributed by atoms with Gasteiger partial charge in [-0.1, -0.05) is 0 Å². The molecule has 0 atom stereocenters. The summed E-state index contributed by atoms with van der Waals surface area (Å²) in [5.41, 5.74) is 3.96. The first kappa shape index (κ1) is 14.6. The number of fused-ring (bicyclic) bond motifs is 2. The summed E-state index contributed by atoms with van der Waals surface area (Å²) in [6, 6.07) is 5.69. The molecule has 4 heterocycles. The molecule has 0 saturated carbocycles. The molecule has 1 aromatic carbocycles. The Balaban J connectivity index is 1.33. The molecule has 2 aliphatic rings. The number of hydrogen-bond acceptors (Lipinski definition) is 5. The van der Waals surface area contributed by atoms with Gasteiger partial charge in [0.05, 0.1) is 6.33 Å². The van der Waals surface area contributed by atoms with Gasteiger partial charge in [0.15, 0.2) is 11.5 Å². The molecule has 25 heavy (non-hydrogen) atoms. The van der Waals surface area contributed by atoms with Gasteiger partial charge >= 0.3 is 0 Å². The van der Waals surface area contributed by atoms with E-state index in [1.54, 1.807) is 24.8 Å². The van der Waals surface area contributed by atoms with Gasteiger partial charge in [-0.05, 0) is 43.0 Å². The molecular formula is C18H19FN6. The highest BCUT2D eigenvalue weighted by Crippen LogP contribution is 2.34. The third-order valence-electron chi connectivity index (χ3n) is 5.38. The quantitative estimate of drug-likeness (QED) is 0.778. The smallest absolute Gasteiger partial charge is 0.182 e. The molecule has 2 aliphatic heterocycles. The van der Waals surface area contributed by atoms with Gasteiger partial charge in [0.1, 0.15) is 17.7 Å². The minimum Gasteiger partial charge on any atom is -0.368 e. The molecule has 6 nitrogen and oxygen atoms in total. The van der Waals surface area contributed by atoms with Crippen molar-refractivity contribution < 1.29 is 4.39 Å². The molecule has 128 valence electrons. The van der Waals surface area contributed by atoms with E-state index in [0.717, 1.165) is 55.8 Å². The summed E-state index contributed by atoms with van der Waals surface area (Å²) in [7, 11) is 0. The average Bonchev–Trinajstić information content (AvgIpc) is 3.28. The van der Waals surface area contributed by atoms with Crippen LogP contribution in [0.5, 0.6) is 0 Å². The molecule has 2 aromatic heterocycles. The van der Waals surface area contributed by atoms with E-state index in [2.05, 4.69) is 29.7 Å². The molecule has 0 aliphatic carbocycles. The van der Waals surface area contributed by atoms with E-state index in [1.165, 1.54) is 5.69 Å². The van der Waals surface area contributed by atoms with Crippen LogP contribution in [0, 0.1) is 5.82 Å². The lowest BCUT2D eigenvalue weighted by atomic mass is 10.0. The van der Waals surface area contributed by atoms with Gasteiger partial charge in [0.2, 0.25) is 0 Å². The maximum Gasteiger partial charge on any atom is 0.182 e. The number of aromatic nitrogens is 4. The van der Waals surface area contributed by atoms with Crippen LogP contribution < -0.4 is 9.80 Å². The third kappa shape index (κ3) is 2.42. The Hall–Kier alpha value is -2.70. The number of nitrogens with zero attached hydrogens (tertiary/aromatic N) is 5. The van der Waals surface area contributed by atoms with Gasteiger partial charge in [-0.3, -0.25) is 0 Å². The van der Waals surface area contributed by atoms with Crippen molar-refractivity contribution in [3.8, 4) is 0 Å². The molecule has 1 saturated heterocycles. The minimum absolute atomic E-state index is 0.136. The molecule has 1 fully saturated rings. The fourth-order valence-electron chi connectivity index (χ4n) is 4.16. The topological polar surface area (TPSA) is 60.9 Å². The minimum atomic E-state index is -0.136. The zero-order chi connectivity index (χ0) is 16.8. The highest BCUT2D eigenvalue weighted by Gasteiger charge is 2.30. The van der Waals surface area contributed by atoms with Gasteiger partial charge in [-0.2, -0.15) is 0 Å². The first-order chi connectivity index (χ1) is 12.3. The summed E-state index contributed by atoms with van der Waals surface area (Å²) < 4.78 is 13.4. The van der Waals surface area contributed by atoms with Gasteiger partial charge in [0.25, 0.3) is 0 Å². The van der Waals surface area contributed by atoms with E-state index < -0.39 is 0 Å². The van der Waals surface area contributed by atoms with Crippen LogP contribution in [-0.4, -0.2) is 45.6 Å². The van der Waals surface area contributed by atoms with Crippen LogP contribution in [-0.2, 0) is 6.42 Å². The zero-order valence-electron chi connectivity index (χ0n) is 13.8. The second-order valence-corrected chi connectivity index (χ2v) is 6.73. The fourth-order valence-corrected chi connectivity index (χ4v) is 4.16. The van der Waals surface area contributed by atoms with Crippen LogP contribution in [0.2, 0.25) is 0 Å². The van der Waals surface area contributed by atoms with E-state index in [-0.39, 0.29) is 5.82 Å². The van der Waals surface area contributed by atoms with Crippen molar-refractivity contribution in [1.29, 1.82) is 0 Å². The van der Waals surface area contributed by atoms with Crippen molar-refractivity contribution in [2.45, 2.75) is 25.3 Å². The number of H-pyrrole nitrogens is 1. The number of aromatic amines is 1. The predicted octanol–water partition coefficient (Wildman–Crippen LogP) is 2.52. The molecule has 5 rings (SSSR count). The van der Waals surface area contributed by atoms with Crippen LogP contribution in [0.15, 0.2) is 30.9 Å². The monoisotopic (exact) mass is 338 g/mol.